The molecular weight excluding hydrogens is 144 g/mol. The van der Waals surface area contributed by atoms with Gasteiger partial charge >= 0.3 is 0 Å². The Morgan fingerprint density at radius 2 is 1.27 bits per heavy atom. The van der Waals surface area contributed by atoms with Gasteiger partial charge in [-0.1, -0.05) is 0 Å². The molecule has 4 saturated heterocycles. The summed E-state index contributed by atoms with van der Waals surface area (Å²) in [6.45, 7) is 1.80. The van der Waals surface area contributed by atoms with Crippen molar-refractivity contribution in [3.8, 4) is 0 Å². The SMILES string of the molecule is C1OCC2C1C1OC2C2OC12. The monoisotopic (exact) mass is 154 g/mol. The number of hydrogen-bond acceptors (Lipinski definition) is 3. The normalized spacial score (nSPS) is 69.8. The highest BCUT2D eigenvalue weighted by Crippen LogP contribution is 2.55. The van der Waals surface area contributed by atoms with Gasteiger partial charge in [0.15, 0.2) is 0 Å². The zero-order valence-electron chi connectivity index (χ0n) is 6.10. The number of rotatable bonds is 0. The van der Waals surface area contributed by atoms with Crippen molar-refractivity contribution < 1.29 is 14.2 Å². The predicted octanol–water partition coefficient (Wildman–Crippen LogP) is -0.203. The molecule has 0 aromatic heterocycles. The average Bonchev–Trinajstić information content (AvgIpc) is 2.46. The largest absolute Gasteiger partial charge is 0.381 e. The minimum Gasteiger partial charge on any atom is -0.381 e. The average molecular weight is 154 g/mol. The maximum Gasteiger partial charge on any atom is 0.113 e. The topological polar surface area (TPSA) is 31.0 Å². The summed E-state index contributed by atoms with van der Waals surface area (Å²) < 4.78 is 16.7. The standard InChI is InChI=1S/C8H10O3/c1-3-4(2-9-1)6-8-7(11-8)5(3)10-6/h3-8H,1-2H2. The van der Waals surface area contributed by atoms with Crippen LogP contribution in [0.2, 0.25) is 0 Å². The molecule has 0 aromatic carbocycles. The van der Waals surface area contributed by atoms with E-state index in [2.05, 4.69) is 0 Å². The summed E-state index contributed by atoms with van der Waals surface area (Å²) >= 11 is 0. The molecule has 4 aliphatic rings. The molecule has 3 heteroatoms. The van der Waals surface area contributed by atoms with Gasteiger partial charge in [0.25, 0.3) is 0 Å². The molecule has 0 amide bonds. The van der Waals surface area contributed by atoms with Crippen molar-refractivity contribution in [2.75, 3.05) is 13.2 Å². The minimum atomic E-state index is 0.387. The molecule has 0 saturated carbocycles. The summed E-state index contributed by atoms with van der Waals surface area (Å²) in [6.07, 6.45) is 1.67. The van der Waals surface area contributed by atoms with E-state index in [1.165, 1.54) is 0 Å². The maximum absolute atomic E-state index is 5.80. The third-order valence-corrected chi connectivity index (χ3v) is 3.54. The molecule has 0 aliphatic carbocycles. The molecule has 11 heavy (non-hydrogen) atoms. The van der Waals surface area contributed by atoms with Crippen LogP contribution in [0, 0.1) is 11.8 Å². The first-order valence-electron chi connectivity index (χ1n) is 4.34. The molecule has 4 heterocycles. The number of hydrogen-bond donors (Lipinski definition) is 0. The quantitative estimate of drug-likeness (QED) is 0.453. The molecule has 4 rings (SSSR count). The van der Waals surface area contributed by atoms with Crippen molar-refractivity contribution >= 4 is 0 Å². The van der Waals surface area contributed by atoms with Crippen molar-refractivity contribution in [3.63, 3.8) is 0 Å². The Hall–Kier alpha value is -0.120. The van der Waals surface area contributed by atoms with Crippen molar-refractivity contribution in [3.05, 3.63) is 0 Å². The lowest BCUT2D eigenvalue weighted by atomic mass is 9.82. The lowest BCUT2D eigenvalue weighted by Crippen LogP contribution is -2.31. The highest BCUT2D eigenvalue weighted by atomic mass is 16.7. The zero-order valence-corrected chi connectivity index (χ0v) is 6.10. The van der Waals surface area contributed by atoms with E-state index in [-0.39, 0.29) is 0 Å². The molecule has 4 aliphatic heterocycles. The van der Waals surface area contributed by atoms with E-state index in [1.54, 1.807) is 0 Å². The number of epoxide rings is 1. The third kappa shape index (κ3) is 0.477. The molecule has 6 unspecified atom stereocenters. The summed E-state index contributed by atoms with van der Waals surface area (Å²) in [4.78, 5) is 0. The van der Waals surface area contributed by atoms with Gasteiger partial charge in [-0.3, -0.25) is 0 Å². The van der Waals surface area contributed by atoms with Crippen LogP contribution in [0.25, 0.3) is 0 Å². The van der Waals surface area contributed by atoms with E-state index in [4.69, 9.17) is 14.2 Å². The van der Waals surface area contributed by atoms with Crippen molar-refractivity contribution in [2.45, 2.75) is 24.4 Å². The molecule has 6 atom stereocenters. The van der Waals surface area contributed by atoms with E-state index in [0.717, 1.165) is 13.2 Å². The van der Waals surface area contributed by atoms with Crippen LogP contribution < -0.4 is 0 Å². The molecule has 0 N–H and O–H groups in total. The van der Waals surface area contributed by atoms with Gasteiger partial charge in [0, 0.05) is 11.8 Å². The van der Waals surface area contributed by atoms with Crippen LogP contribution in [-0.4, -0.2) is 37.6 Å². The molecule has 0 aromatic rings. The molecule has 3 nitrogen and oxygen atoms in total. The first-order valence-corrected chi connectivity index (χ1v) is 4.34. The van der Waals surface area contributed by atoms with Gasteiger partial charge in [0.05, 0.1) is 25.4 Å². The fourth-order valence-electron chi connectivity index (χ4n) is 2.95. The van der Waals surface area contributed by atoms with Gasteiger partial charge in [-0.25, -0.2) is 0 Å². The molecule has 4 fully saturated rings. The second-order valence-electron chi connectivity index (χ2n) is 4.00. The van der Waals surface area contributed by atoms with Crippen LogP contribution in [0.5, 0.6) is 0 Å². The van der Waals surface area contributed by atoms with Gasteiger partial charge in [-0.05, 0) is 0 Å². The molecule has 0 radical (unpaired) electrons. The fraction of sp³-hybridized carbons (Fsp3) is 1.00. The second-order valence-corrected chi connectivity index (χ2v) is 4.00. The summed E-state index contributed by atoms with van der Waals surface area (Å²) in [5, 5.41) is 0. The van der Waals surface area contributed by atoms with Crippen LogP contribution >= 0.6 is 0 Å². The van der Waals surface area contributed by atoms with Gasteiger partial charge in [-0.2, -0.15) is 0 Å². The van der Waals surface area contributed by atoms with E-state index < -0.39 is 0 Å². The highest BCUT2D eigenvalue weighted by Gasteiger charge is 2.70. The second kappa shape index (κ2) is 1.49. The number of fused-ring (bicyclic) bond motifs is 8. The maximum atomic E-state index is 5.80. The van der Waals surface area contributed by atoms with Gasteiger partial charge in [0.2, 0.25) is 0 Å². The van der Waals surface area contributed by atoms with Gasteiger partial charge < -0.3 is 14.2 Å². The summed E-state index contributed by atoms with van der Waals surface area (Å²) in [5.41, 5.74) is 0. The van der Waals surface area contributed by atoms with Crippen LogP contribution in [-0.2, 0) is 14.2 Å². The van der Waals surface area contributed by atoms with Crippen LogP contribution in [0.4, 0.5) is 0 Å². The van der Waals surface area contributed by atoms with E-state index >= 15 is 0 Å². The van der Waals surface area contributed by atoms with Crippen LogP contribution in [0.1, 0.15) is 0 Å². The van der Waals surface area contributed by atoms with Gasteiger partial charge in [-0.15, -0.1) is 0 Å². The Labute approximate surface area is 64.6 Å². The van der Waals surface area contributed by atoms with E-state index in [9.17, 15) is 0 Å². The summed E-state index contributed by atoms with van der Waals surface area (Å²) in [5.74, 6) is 1.31. The lowest BCUT2D eigenvalue weighted by Gasteiger charge is -2.14. The van der Waals surface area contributed by atoms with Crippen molar-refractivity contribution in [1.82, 2.24) is 0 Å². The zero-order chi connectivity index (χ0) is 7.00. The molecule has 0 spiro atoms. The Balaban J connectivity index is 1.79. The van der Waals surface area contributed by atoms with E-state index in [0.29, 0.717) is 36.3 Å². The molecule has 60 valence electrons. The lowest BCUT2D eigenvalue weighted by molar-refractivity contribution is -0.0163. The summed E-state index contributed by atoms with van der Waals surface area (Å²) in [6, 6.07) is 0. The Morgan fingerprint density at radius 1 is 0.727 bits per heavy atom. The van der Waals surface area contributed by atoms with Crippen molar-refractivity contribution in [1.29, 1.82) is 0 Å². The highest BCUT2D eigenvalue weighted by molar-refractivity contribution is 5.15. The smallest absolute Gasteiger partial charge is 0.113 e. The van der Waals surface area contributed by atoms with Crippen molar-refractivity contribution in [2.24, 2.45) is 11.8 Å². The van der Waals surface area contributed by atoms with Gasteiger partial charge in [0.1, 0.15) is 12.2 Å². The number of ether oxygens (including phenoxy) is 3. The van der Waals surface area contributed by atoms with Crippen LogP contribution in [0.15, 0.2) is 0 Å². The molecular formula is C8H10O3. The third-order valence-electron chi connectivity index (χ3n) is 3.54. The molecule has 2 bridgehead atoms. The fourth-order valence-corrected chi connectivity index (χ4v) is 2.95. The Bertz CT molecular complexity index is 193. The Morgan fingerprint density at radius 3 is 1.91 bits per heavy atom. The van der Waals surface area contributed by atoms with Crippen LogP contribution in [0.3, 0.4) is 0 Å². The summed E-state index contributed by atoms with van der Waals surface area (Å²) in [7, 11) is 0. The first-order chi connectivity index (χ1) is 5.45. The predicted molar refractivity (Wildman–Crippen MR) is 35.1 cm³/mol. The first kappa shape index (κ1) is 5.51. The van der Waals surface area contributed by atoms with E-state index in [1.807, 2.05) is 0 Å². The Kier molecular flexibility index (Phi) is 0.746. The minimum absolute atomic E-state index is 0.387.